The van der Waals surface area contributed by atoms with E-state index >= 15 is 0 Å². The van der Waals surface area contributed by atoms with E-state index in [-0.39, 0.29) is 12.5 Å². The van der Waals surface area contributed by atoms with Gasteiger partial charge in [0.1, 0.15) is 12.6 Å². The van der Waals surface area contributed by atoms with Gasteiger partial charge in [-0.1, -0.05) is 46.3 Å². The predicted molar refractivity (Wildman–Crippen MR) is 131 cm³/mol. The SMILES string of the molecule is C[C@H](C(=O)NC(C)(C)C)N(Cc1cccc(Br)c1)C(=O)CN(c1ccccc1)S(C)(=O)=O. The number of carbonyl (C=O) groups is 2. The summed E-state index contributed by atoms with van der Waals surface area (Å²) in [5.74, 6) is -0.790. The molecule has 0 aliphatic carbocycles. The third-order valence-electron chi connectivity index (χ3n) is 4.63. The topological polar surface area (TPSA) is 86.8 Å². The summed E-state index contributed by atoms with van der Waals surface area (Å²) in [5, 5.41) is 2.89. The Morgan fingerprint density at radius 1 is 1.06 bits per heavy atom. The lowest BCUT2D eigenvalue weighted by Crippen LogP contribution is -2.54. The minimum atomic E-state index is -3.72. The molecular weight excluding hydrogens is 494 g/mol. The molecule has 2 aromatic carbocycles. The normalized spacial score (nSPS) is 12.7. The van der Waals surface area contributed by atoms with E-state index in [1.165, 1.54) is 4.90 Å². The zero-order chi connectivity index (χ0) is 24.1. The lowest BCUT2D eigenvalue weighted by molar-refractivity contribution is -0.140. The van der Waals surface area contributed by atoms with Gasteiger partial charge in [-0.25, -0.2) is 8.42 Å². The lowest BCUT2D eigenvalue weighted by atomic mass is 10.1. The van der Waals surface area contributed by atoms with Crippen LogP contribution in [0.25, 0.3) is 0 Å². The molecule has 1 N–H and O–H groups in total. The summed E-state index contributed by atoms with van der Waals surface area (Å²) in [6, 6.07) is 15.0. The maximum absolute atomic E-state index is 13.4. The Labute approximate surface area is 199 Å². The summed E-state index contributed by atoms with van der Waals surface area (Å²) in [4.78, 5) is 27.7. The van der Waals surface area contributed by atoms with Crippen LogP contribution in [0.3, 0.4) is 0 Å². The third kappa shape index (κ3) is 7.63. The molecule has 0 saturated heterocycles. The quantitative estimate of drug-likeness (QED) is 0.573. The van der Waals surface area contributed by atoms with Crippen molar-refractivity contribution in [3.8, 4) is 0 Å². The van der Waals surface area contributed by atoms with Crippen molar-refractivity contribution >= 4 is 43.5 Å². The lowest BCUT2D eigenvalue weighted by Gasteiger charge is -2.33. The van der Waals surface area contributed by atoms with Gasteiger partial charge in [-0.15, -0.1) is 0 Å². The fraction of sp³-hybridized carbons (Fsp3) is 0.391. The van der Waals surface area contributed by atoms with Crippen LogP contribution in [0.4, 0.5) is 5.69 Å². The molecule has 0 unspecified atom stereocenters. The van der Waals surface area contributed by atoms with Gasteiger partial charge in [0, 0.05) is 16.6 Å². The molecule has 0 bridgehead atoms. The minimum Gasteiger partial charge on any atom is -0.350 e. The summed E-state index contributed by atoms with van der Waals surface area (Å²) >= 11 is 3.42. The highest BCUT2D eigenvalue weighted by Gasteiger charge is 2.31. The average molecular weight is 524 g/mol. The number of nitrogens with zero attached hydrogens (tertiary/aromatic N) is 2. The van der Waals surface area contributed by atoms with Gasteiger partial charge in [-0.2, -0.15) is 0 Å². The van der Waals surface area contributed by atoms with Crippen molar-refractivity contribution in [3.63, 3.8) is 0 Å². The molecule has 0 saturated carbocycles. The average Bonchev–Trinajstić information content (AvgIpc) is 2.68. The van der Waals surface area contributed by atoms with Gasteiger partial charge in [0.15, 0.2) is 0 Å². The first kappa shape index (κ1) is 25.9. The smallest absolute Gasteiger partial charge is 0.244 e. The van der Waals surface area contributed by atoms with Crippen molar-refractivity contribution < 1.29 is 18.0 Å². The number of carbonyl (C=O) groups excluding carboxylic acids is 2. The van der Waals surface area contributed by atoms with E-state index in [1.807, 2.05) is 45.0 Å². The third-order valence-corrected chi connectivity index (χ3v) is 6.26. The van der Waals surface area contributed by atoms with Crippen molar-refractivity contribution in [2.45, 2.75) is 45.8 Å². The van der Waals surface area contributed by atoms with Gasteiger partial charge < -0.3 is 10.2 Å². The molecule has 0 heterocycles. The highest BCUT2D eigenvalue weighted by Crippen LogP contribution is 2.20. The van der Waals surface area contributed by atoms with Gasteiger partial charge in [-0.3, -0.25) is 13.9 Å². The molecule has 32 heavy (non-hydrogen) atoms. The molecule has 2 rings (SSSR count). The molecular formula is C23H30BrN3O4S. The Bertz CT molecular complexity index is 1050. The number of amides is 2. The van der Waals surface area contributed by atoms with Gasteiger partial charge in [0.2, 0.25) is 21.8 Å². The van der Waals surface area contributed by atoms with Crippen molar-refractivity contribution in [2.75, 3.05) is 17.1 Å². The van der Waals surface area contributed by atoms with Crippen molar-refractivity contribution in [1.82, 2.24) is 10.2 Å². The number of benzene rings is 2. The first-order chi connectivity index (χ1) is 14.8. The second-order valence-electron chi connectivity index (χ2n) is 8.67. The van der Waals surface area contributed by atoms with Crippen molar-refractivity contribution in [1.29, 1.82) is 0 Å². The molecule has 2 amide bonds. The summed E-state index contributed by atoms with van der Waals surface area (Å²) in [5.41, 5.74) is 0.727. The number of sulfonamides is 1. The van der Waals surface area contributed by atoms with Crippen LogP contribution < -0.4 is 9.62 Å². The number of para-hydroxylation sites is 1. The number of anilines is 1. The summed E-state index contributed by atoms with van der Waals surface area (Å²) in [6.07, 6.45) is 1.06. The zero-order valence-corrected chi connectivity index (χ0v) is 21.4. The first-order valence-corrected chi connectivity index (χ1v) is 12.8. The second-order valence-corrected chi connectivity index (χ2v) is 11.5. The molecule has 2 aromatic rings. The Hall–Kier alpha value is -2.39. The Morgan fingerprint density at radius 2 is 1.69 bits per heavy atom. The van der Waals surface area contributed by atoms with Crippen LogP contribution in [-0.4, -0.2) is 49.5 Å². The molecule has 0 radical (unpaired) electrons. The standard InChI is InChI=1S/C23H30BrN3O4S/c1-17(22(29)25-23(2,3)4)26(15-18-10-9-11-19(24)14-18)21(28)16-27(32(5,30)31)20-12-7-6-8-13-20/h6-14,17H,15-16H2,1-5H3,(H,25,29)/t17-/m1/s1. The van der Waals surface area contributed by atoms with Crippen LogP contribution >= 0.6 is 15.9 Å². The molecule has 9 heteroatoms. The van der Waals surface area contributed by atoms with E-state index in [0.717, 1.165) is 20.6 Å². The van der Waals surface area contributed by atoms with Gasteiger partial charge in [-0.05, 0) is 57.5 Å². The predicted octanol–water partition coefficient (Wildman–Crippen LogP) is 3.55. The van der Waals surface area contributed by atoms with Crippen LogP contribution in [0.1, 0.15) is 33.3 Å². The van der Waals surface area contributed by atoms with E-state index < -0.39 is 34.1 Å². The van der Waals surface area contributed by atoms with E-state index in [0.29, 0.717) is 5.69 Å². The van der Waals surface area contributed by atoms with Gasteiger partial charge in [0.05, 0.1) is 11.9 Å². The van der Waals surface area contributed by atoms with Crippen LogP contribution in [-0.2, 0) is 26.2 Å². The number of hydrogen-bond donors (Lipinski definition) is 1. The maximum Gasteiger partial charge on any atom is 0.244 e. The highest BCUT2D eigenvalue weighted by atomic mass is 79.9. The molecule has 0 fully saturated rings. The Kier molecular flexibility index (Phi) is 8.47. The second kappa shape index (κ2) is 10.5. The van der Waals surface area contributed by atoms with Crippen LogP contribution in [0.2, 0.25) is 0 Å². The Morgan fingerprint density at radius 3 is 2.22 bits per heavy atom. The number of nitrogens with one attached hydrogen (secondary N) is 1. The van der Waals surface area contributed by atoms with E-state index in [1.54, 1.807) is 37.3 Å². The number of hydrogen-bond acceptors (Lipinski definition) is 4. The van der Waals surface area contributed by atoms with Gasteiger partial charge >= 0.3 is 0 Å². The fourth-order valence-electron chi connectivity index (χ4n) is 3.10. The molecule has 0 aromatic heterocycles. The summed E-state index contributed by atoms with van der Waals surface area (Å²) < 4.78 is 26.8. The van der Waals surface area contributed by atoms with Crippen LogP contribution in [0.5, 0.6) is 0 Å². The van der Waals surface area contributed by atoms with Crippen LogP contribution in [0.15, 0.2) is 59.1 Å². The maximum atomic E-state index is 13.4. The molecule has 0 spiro atoms. The fourth-order valence-corrected chi connectivity index (χ4v) is 4.39. The molecule has 1 atom stereocenters. The largest absolute Gasteiger partial charge is 0.350 e. The Balaban J connectivity index is 2.38. The molecule has 0 aliphatic heterocycles. The van der Waals surface area contributed by atoms with Gasteiger partial charge in [0.25, 0.3) is 0 Å². The number of halogens is 1. The monoisotopic (exact) mass is 523 g/mol. The summed E-state index contributed by atoms with van der Waals surface area (Å²) in [7, 11) is -3.72. The molecule has 0 aliphatic rings. The molecule has 174 valence electrons. The molecule has 7 nitrogen and oxygen atoms in total. The minimum absolute atomic E-state index is 0.156. The number of rotatable bonds is 8. The van der Waals surface area contributed by atoms with Crippen molar-refractivity contribution in [3.05, 3.63) is 64.6 Å². The highest BCUT2D eigenvalue weighted by molar-refractivity contribution is 9.10. The van der Waals surface area contributed by atoms with E-state index in [4.69, 9.17) is 0 Å². The van der Waals surface area contributed by atoms with Crippen molar-refractivity contribution in [2.24, 2.45) is 0 Å². The first-order valence-electron chi connectivity index (χ1n) is 10.2. The van der Waals surface area contributed by atoms with E-state index in [9.17, 15) is 18.0 Å². The van der Waals surface area contributed by atoms with E-state index in [2.05, 4.69) is 21.2 Å². The summed E-state index contributed by atoms with van der Waals surface area (Å²) in [6.45, 7) is 6.97. The zero-order valence-electron chi connectivity index (χ0n) is 19.0. The van der Waals surface area contributed by atoms with Crippen LogP contribution in [0, 0.1) is 0 Å².